The van der Waals surface area contributed by atoms with E-state index in [4.69, 9.17) is 4.98 Å². The molecule has 0 radical (unpaired) electrons. The van der Waals surface area contributed by atoms with E-state index in [1.807, 2.05) is 0 Å². The predicted molar refractivity (Wildman–Crippen MR) is 195 cm³/mol. The van der Waals surface area contributed by atoms with Crippen LogP contribution in [0.3, 0.4) is 0 Å². The van der Waals surface area contributed by atoms with E-state index in [0.717, 1.165) is 16.7 Å². The van der Waals surface area contributed by atoms with E-state index >= 15 is 0 Å². The summed E-state index contributed by atoms with van der Waals surface area (Å²) in [5.41, 5.74) is 6.82. The maximum atomic E-state index is 5.11. The first-order chi connectivity index (χ1) is 22.2. The standard InChI is InChI=1S/C42H30N2P/c1-45(29-15-4-2-5-16-29,30-17-6-3-7-18-30)40-28-27-32(31-19-8-9-20-33(31)40)34-23-14-26-39-41(34)35-21-10-11-22-36(35)42-43-37-24-12-13-25-38(37)44(39)42/h2-28H,1H3/q+1. The maximum Gasteiger partial charge on any atom is 0.146 e. The number of aromatic nitrogens is 2. The molecular formula is C42H30N2P+. The van der Waals surface area contributed by atoms with Gasteiger partial charge in [0.05, 0.1) is 23.2 Å². The van der Waals surface area contributed by atoms with Gasteiger partial charge in [-0.3, -0.25) is 4.40 Å². The number of hydrogen-bond acceptors (Lipinski definition) is 1. The molecule has 212 valence electrons. The van der Waals surface area contributed by atoms with Crippen molar-refractivity contribution in [1.29, 1.82) is 0 Å². The summed E-state index contributed by atoms with van der Waals surface area (Å²) in [6.45, 7) is 2.48. The highest BCUT2D eigenvalue weighted by Crippen LogP contribution is 2.53. The smallest absolute Gasteiger partial charge is 0.146 e. The summed E-state index contributed by atoms with van der Waals surface area (Å²) in [7, 11) is -1.93. The van der Waals surface area contributed by atoms with Crippen molar-refractivity contribution in [2.24, 2.45) is 0 Å². The third-order valence-electron chi connectivity index (χ3n) is 9.50. The zero-order chi connectivity index (χ0) is 30.0. The van der Waals surface area contributed by atoms with Crippen LogP contribution in [0.25, 0.3) is 60.3 Å². The molecule has 0 bridgehead atoms. The second-order valence-electron chi connectivity index (χ2n) is 11.9. The molecule has 0 aliphatic heterocycles. The van der Waals surface area contributed by atoms with Crippen LogP contribution in [0, 0.1) is 0 Å². The molecule has 0 unspecified atom stereocenters. The molecule has 0 atom stereocenters. The van der Waals surface area contributed by atoms with Crippen molar-refractivity contribution in [2.75, 3.05) is 6.66 Å². The van der Waals surface area contributed by atoms with Crippen LogP contribution in [0.1, 0.15) is 0 Å². The molecule has 0 N–H and O–H groups in total. The maximum absolute atomic E-state index is 5.11. The van der Waals surface area contributed by atoms with Crippen molar-refractivity contribution in [3.63, 3.8) is 0 Å². The van der Waals surface area contributed by atoms with Crippen LogP contribution in [-0.4, -0.2) is 16.0 Å². The van der Waals surface area contributed by atoms with Crippen molar-refractivity contribution in [1.82, 2.24) is 9.38 Å². The van der Waals surface area contributed by atoms with Crippen LogP contribution >= 0.6 is 7.26 Å². The summed E-state index contributed by atoms with van der Waals surface area (Å²) in [6, 6.07) is 59.9. The zero-order valence-corrected chi connectivity index (χ0v) is 25.8. The van der Waals surface area contributed by atoms with Crippen molar-refractivity contribution in [3.8, 4) is 11.1 Å². The lowest BCUT2D eigenvalue weighted by Crippen LogP contribution is -2.30. The van der Waals surface area contributed by atoms with Gasteiger partial charge >= 0.3 is 0 Å². The quantitative estimate of drug-likeness (QED) is 0.147. The average molecular weight is 594 g/mol. The molecule has 0 saturated heterocycles. The first-order valence-electron chi connectivity index (χ1n) is 15.4. The SMILES string of the molecule is C[P+](c1ccccc1)(c1ccccc1)c1ccc(-c2cccc3c2c2ccccc2c2nc4ccccc4n32)c2ccccc12. The van der Waals surface area contributed by atoms with E-state index in [9.17, 15) is 0 Å². The third-order valence-corrected chi connectivity index (χ3v) is 13.5. The fourth-order valence-electron chi connectivity index (χ4n) is 7.37. The topological polar surface area (TPSA) is 17.3 Å². The van der Waals surface area contributed by atoms with Gasteiger partial charge in [-0.15, -0.1) is 0 Å². The van der Waals surface area contributed by atoms with E-state index in [1.54, 1.807) is 0 Å². The Balaban J connectivity index is 1.39. The Morgan fingerprint density at radius 2 is 1.02 bits per heavy atom. The number of para-hydroxylation sites is 2. The van der Waals surface area contributed by atoms with Gasteiger partial charge in [0.25, 0.3) is 0 Å². The van der Waals surface area contributed by atoms with Crippen LogP contribution in [0.5, 0.6) is 0 Å². The molecule has 0 amide bonds. The molecule has 9 aromatic rings. The molecule has 9 rings (SSSR count). The minimum absolute atomic E-state index is 1.00. The lowest BCUT2D eigenvalue weighted by atomic mass is 9.93. The highest BCUT2D eigenvalue weighted by atomic mass is 31.2. The number of pyridine rings is 1. The Labute approximate surface area is 262 Å². The molecular weight excluding hydrogens is 563 g/mol. The van der Waals surface area contributed by atoms with Crippen LogP contribution in [0.15, 0.2) is 164 Å². The normalized spacial score (nSPS) is 12.1. The molecule has 7 aromatic carbocycles. The van der Waals surface area contributed by atoms with Gasteiger partial charge < -0.3 is 0 Å². The largest absolute Gasteiger partial charge is 0.292 e. The highest BCUT2D eigenvalue weighted by Gasteiger charge is 2.41. The first kappa shape index (κ1) is 26.1. The summed E-state index contributed by atoms with van der Waals surface area (Å²) < 4.78 is 2.35. The van der Waals surface area contributed by atoms with Crippen LogP contribution in [-0.2, 0) is 0 Å². The molecule has 0 spiro atoms. The van der Waals surface area contributed by atoms with Gasteiger partial charge in [0.15, 0.2) is 0 Å². The molecule has 0 aliphatic rings. The van der Waals surface area contributed by atoms with Gasteiger partial charge in [0, 0.05) is 16.2 Å². The predicted octanol–water partition coefficient (Wildman–Crippen LogP) is 9.54. The van der Waals surface area contributed by atoms with Gasteiger partial charge in [-0.2, -0.15) is 0 Å². The van der Waals surface area contributed by atoms with Crippen molar-refractivity contribution < 1.29 is 0 Å². The monoisotopic (exact) mass is 593 g/mol. The van der Waals surface area contributed by atoms with Crippen LogP contribution in [0.2, 0.25) is 0 Å². The minimum atomic E-state index is -1.93. The Hall–Kier alpha value is -5.30. The summed E-state index contributed by atoms with van der Waals surface area (Å²) in [4.78, 5) is 5.11. The van der Waals surface area contributed by atoms with Crippen molar-refractivity contribution >= 4 is 72.3 Å². The molecule has 0 saturated carbocycles. The molecule has 0 fully saturated rings. The Bertz CT molecular complexity index is 2510. The van der Waals surface area contributed by atoms with Crippen molar-refractivity contribution in [3.05, 3.63) is 164 Å². The summed E-state index contributed by atoms with van der Waals surface area (Å²) in [5.74, 6) is 0. The lowest BCUT2D eigenvalue weighted by molar-refractivity contribution is 1.31. The van der Waals surface area contributed by atoms with E-state index in [2.05, 4.69) is 175 Å². The summed E-state index contributed by atoms with van der Waals surface area (Å²) in [5, 5.41) is 10.4. The Morgan fingerprint density at radius 1 is 0.444 bits per heavy atom. The van der Waals surface area contributed by atoms with E-state index in [0.29, 0.717) is 0 Å². The average Bonchev–Trinajstić information content (AvgIpc) is 3.52. The van der Waals surface area contributed by atoms with E-state index in [-0.39, 0.29) is 0 Å². The number of benzene rings is 7. The number of hydrogen-bond donors (Lipinski definition) is 0. The number of imidazole rings is 1. The van der Waals surface area contributed by atoms with Gasteiger partial charge in [-0.1, -0.05) is 109 Å². The lowest BCUT2D eigenvalue weighted by Gasteiger charge is -2.25. The fraction of sp³-hybridized carbons (Fsp3) is 0.0238. The molecule has 2 nitrogen and oxygen atoms in total. The fourth-order valence-corrected chi connectivity index (χ4v) is 10.8. The zero-order valence-electron chi connectivity index (χ0n) is 24.9. The Kier molecular flexibility index (Phi) is 5.88. The molecule has 45 heavy (non-hydrogen) atoms. The third kappa shape index (κ3) is 3.83. The number of nitrogens with zero attached hydrogens (tertiary/aromatic N) is 2. The van der Waals surface area contributed by atoms with Crippen molar-refractivity contribution in [2.45, 2.75) is 0 Å². The second-order valence-corrected chi connectivity index (χ2v) is 15.4. The first-order valence-corrected chi connectivity index (χ1v) is 17.7. The number of fused-ring (bicyclic) bond motifs is 9. The van der Waals surface area contributed by atoms with E-state index < -0.39 is 7.26 Å². The molecule has 0 aliphatic carbocycles. The van der Waals surface area contributed by atoms with Crippen LogP contribution in [0.4, 0.5) is 0 Å². The molecule has 3 heteroatoms. The molecule has 2 aromatic heterocycles. The second kappa shape index (κ2) is 10.1. The van der Waals surface area contributed by atoms with Gasteiger partial charge in [0.2, 0.25) is 0 Å². The van der Waals surface area contributed by atoms with Gasteiger partial charge in [-0.05, 0) is 76.5 Å². The minimum Gasteiger partial charge on any atom is -0.292 e. The molecule has 2 heterocycles. The van der Waals surface area contributed by atoms with Crippen LogP contribution < -0.4 is 15.9 Å². The summed E-state index contributed by atoms with van der Waals surface area (Å²) in [6.07, 6.45) is 0. The summed E-state index contributed by atoms with van der Waals surface area (Å²) >= 11 is 0. The Morgan fingerprint density at radius 3 is 1.76 bits per heavy atom. The van der Waals surface area contributed by atoms with Gasteiger partial charge in [0.1, 0.15) is 28.8 Å². The highest BCUT2D eigenvalue weighted by molar-refractivity contribution is 7.95. The number of rotatable bonds is 4. The van der Waals surface area contributed by atoms with Gasteiger partial charge in [-0.25, -0.2) is 4.98 Å². The van der Waals surface area contributed by atoms with E-state index in [1.165, 1.54) is 59.5 Å².